The summed E-state index contributed by atoms with van der Waals surface area (Å²) in [6.07, 6.45) is -0.616. The van der Waals surface area contributed by atoms with Gasteiger partial charge in [-0.25, -0.2) is 4.39 Å². The molecule has 0 unspecified atom stereocenters. The number of likely N-dealkylation sites (tertiary alicyclic amines) is 1. The van der Waals surface area contributed by atoms with Gasteiger partial charge in [-0.2, -0.15) is 0 Å². The van der Waals surface area contributed by atoms with Crippen LogP contribution in [0.4, 0.5) is 4.39 Å². The Morgan fingerprint density at radius 1 is 1.37 bits per heavy atom. The summed E-state index contributed by atoms with van der Waals surface area (Å²) >= 11 is 0. The van der Waals surface area contributed by atoms with Crippen molar-refractivity contribution < 1.29 is 28.6 Å². The third-order valence-electron chi connectivity index (χ3n) is 4.87. The fraction of sp³-hybridized carbons (Fsp3) is 0.526. The molecule has 0 saturated carbocycles. The van der Waals surface area contributed by atoms with Gasteiger partial charge in [0.2, 0.25) is 17.7 Å². The first-order valence-electron chi connectivity index (χ1n) is 8.88. The van der Waals surface area contributed by atoms with Crippen LogP contribution in [-0.4, -0.2) is 72.6 Å². The molecule has 1 atom stereocenters. The Hall–Kier alpha value is -2.32. The number of amides is 3. The lowest BCUT2D eigenvalue weighted by Gasteiger charge is -2.30. The van der Waals surface area contributed by atoms with E-state index in [9.17, 15) is 18.8 Å². The minimum atomic E-state index is -1.59. The summed E-state index contributed by atoms with van der Waals surface area (Å²) in [4.78, 5) is 40.9. The van der Waals surface area contributed by atoms with E-state index in [1.807, 2.05) is 0 Å². The number of ether oxygens (including phenoxy) is 1. The molecule has 1 saturated heterocycles. The summed E-state index contributed by atoms with van der Waals surface area (Å²) in [5.41, 5.74) is -1.55. The highest BCUT2D eigenvalue weighted by molar-refractivity contribution is 6.10. The molecular formula is C19H25FN2O5. The van der Waals surface area contributed by atoms with Gasteiger partial charge in [0.15, 0.2) is 0 Å². The Kier molecular flexibility index (Phi) is 7.04. The highest BCUT2D eigenvalue weighted by atomic mass is 19.1. The molecule has 1 aromatic carbocycles. The van der Waals surface area contributed by atoms with E-state index in [-0.39, 0.29) is 44.7 Å². The Morgan fingerprint density at radius 2 is 2.07 bits per heavy atom. The number of hydrogen-bond acceptors (Lipinski definition) is 5. The second-order valence-corrected chi connectivity index (χ2v) is 6.46. The van der Waals surface area contributed by atoms with Gasteiger partial charge in [-0.1, -0.05) is 18.2 Å². The number of aliphatic hydroxyl groups is 1. The molecule has 2 rings (SSSR count). The number of nitrogens with zero attached hydrogens (tertiary/aromatic N) is 2. The van der Waals surface area contributed by atoms with Crippen LogP contribution in [0.15, 0.2) is 24.3 Å². The predicted octanol–water partition coefficient (Wildman–Crippen LogP) is 0.700. The van der Waals surface area contributed by atoms with Crippen LogP contribution in [0, 0.1) is 5.82 Å². The minimum Gasteiger partial charge on any atom is -0.395 e. The lowest BCUT2D eigenvalue weighted by atomic mass is 9.75. The van der Waals surface area contributed by atoms with Crippen LogP contribution in [0.3, 0.4) is 0 Å². The van der Waals surface area contributed by atoms with Crippen LogP contribution in [0.2, 0.25) is 0 Å². The largest absolute Gasteiger partial charge is 0.395 e. The summed E-state index contributed by atoms with van der Waals surface area (Å²) in [7, 11) is 1.45. The van der Waals surface area contributed by atoms with E-state index in [1.54, 1.807) is 13.0 Å². The van der Waals surface area contributed by atoms with Crippen LogP contribution in [-0.2, 0) is 24.5 Å². The first-order chi connectivity index (χ1) is 12.9. The fourth-order valence-corrected chi connectivity index (χ4v) is 3.45. The Balaban J connectivity index is 2.45. The molecule has 27 heavy (non-hydrogen) atoms. The average molecular weight is 380 g/mol. The molecule has 8 heteroatoms. The van der Waals surface area contributed by atoms with Gasteiger partial charge in [0.25, 0.3) is 0 Å². The quantitative estimate of drug-likeness (QED) is 0.638. The maximum atomic E-state index is 14.6. The summed E-state index contributed by atoms with van der Waals surface area (Å²) in [6.45, 7) is 2.17. The number of aliphatic hydroxyl groups excluding tert-OH is 1. The lowest BCUT2D eigenvalue weighted by molar-refractivity contribution is -0.143. The first kappa shape index (κ1) is 21.0. The number of rotatable bonds is 9. The smallest absolute Gasteiger partial charge is 0.241 e. The normalized spacial score (nSPS) is 19.6. The van der Waals surface area contributed by atoms with Crippen molar-refractivity contribution in [3.05, 3.63) is 35.6 Å². The van der Waals surface area contributed by atoms with E-state index >= 15 is 0 Å². The maximum absolute atomic E-state index is 14.6. The lowest BCUT2D eigenvalue weighted by Crippen LogP contribution is -2.45. The molecule has 7 nitrogen and oxygen atoms in total. The van der Waals surface area contributed by atoms with E-state index in [0.29, 0.717) is 6.54 Å². The van der Waals surface area contributed by atoms with Crippen molar-refractivity contribution in [2.75, 3.05) is 40.0 Å². The van der Waals surface area contributed by atoms with Crippen molar-refractivity contribution >= 4 is 17.7 Å². The molecule has 3 amide bonds. The Bertz CT molecular complexity index is 711. The van der Waals surface area contributed by atoms with Crippen LogP contribution in [0.1, 0.15) is 25.3 Å². The van der Waals surface area contributed by atoms with Crippen molar-refractivity contribution in [3.63, 3.8) is 0 Å². The highest BCUT2D eigenvalue weighted by Crippen LogP contribution is 2.41. The number of halogens is 1. The van der Waals surface area contributed by atoms with E-state index in [0.717, 1.165) is 4.90 Å². The van der Waals surface area contributed by atoms with Crippen LogP contribution in [0.5, 0.6) is 0 Å². The third-order valence-corrected chi connectivity index (χ3v) is 4.87. The Labute approximate surface area is 157 Å². The van der Waals surface area contributed by atoms with Crippen molar-refractivity contribution in [2.24, 2.45) is 0 Å². The van der Waals surface area contributed by atoms with Crippen LogP contribution >= 0.6 is 0 Å². The molecule has 0 bridgehead atoms. The minimum absolute atomic E-state index is 0.0386. The number of carbonyl (C=O) groups excluding carboxylic acids is 3. The van der Waals surface area contributed by atoms with Gasteiger partial charge in [-0.3, -0.25) is 19.3 Å². The van der Waals surface area contributed by atoms with Gasteiger partial charge in [0.1, 0.15) is 5.82 Å². The van der Waals surface area contributed by atoms with Crippen LogP contribution in [0.25, 0.3) is 0 Å². The van der Waals surface area contributed by atoms with Crippen molar-refractivity contribution in [1.29, 1.82) is 0 Å². The van der Waals surface area contributed by atoms with Gasteiger partial charge in [0, 0.05) is 38.6 Å². The van der Waals surface area contributed by atoms with Gasteiger partial charge < -0.3 is 14.7 Å². The number of methoxy groups -OCH3 is 1. The number of hydrogen-bond donors (Lipinski definition) is 1. The number of likely N-dealkylation sites (N-methyl/N-ethyl adjacent to an activating group) is 1. The molecule has 1 aliphatic heterocycles. The zero-order chi connectivity index (χ0) is 20.0. The molecule has 0 radical (unpaired) electrons. The standard InChI is InChI=1S/C19H25FN2O5/c1-3-21(8-10-23)16(24)12-19(14-6-4-5-7-15(14)20)13-17(25)22(18(19)26)9-11-27-2/h4-7,23H,3,8-13H2,1-2H3/t19-/m1/s1. The zero-order valence-electron chi connectivity index (χ0n) is 15.6. The monoisotopic (exact) mass is 380 g/mol. The second kappa shape index (κ2) is 9.05. The average Bonchev–Trinajstić information content (AvgIpc) is 2.88. The van der Waals surface area contributed by atoms with Gasteiger partial charge in [-0.15, -0.1) is 0 Å². The predicted molar refractivity (Wildman–Crippen MR) is 95.2 cm³/mol. The fourth-order valence-electron chi connectivity index (χ4n) is 3.45. The maximum Gasteiger partial charge on any atom is 0.241 e. The zero-order valence-corrected chi connectivity index (χ0v) is 15.6. The molecule has 0 spiro atoms. The van der Waals surface area contributed by atoms with Crippen molar-refractivity contribution in [1.82, 2.24) is 9.80 Å². The molecular weight excluding hydrogens is 355 g/mol. The van der Waals surface area contributed by atoms with E-state index in [4.69, 9.17) is 9.84 Å². The molecule has 1 aliphatic rings. The van der Waals surface area contributed by atoms with Gasteiger partial charge in [-0.05, 0) is 13.0 Å². The molecule has 1 N–H and O–H groups in total. The number of carbonyl (C=O) groups is 3. The third kappa shape index (κ3) is 4.17. The van der Waals surface area contributed by atoms with E-state index in [1.165, 1.54) is 30.2 Å². The highest BCUT2D eigenvalue weighted by Gasteiger charge is 2.54. The summed E-state index contributed by atoms with van der Waals surface area (Å²) in [5, 5.41) is 9.14. The first-order valence-corrected chi connectivity index (χ1v) is 8.88. The van der Waals surface area contributed by atoms with Crippen molar-refractivity contribution in [2.45, 2.75) is 25.2 Å². The molecule has 1 fully saturated rings. The van der Waals surface area contributed by atoms with Crippen LogP contribution < -0.4 is 0 Å². The molecule has 1 aromatic rings. The summed E-state index contributed by atoms with van der Waals surface area (Å²) in [5.74, 6) is -2.10. The molecule has 148 valence electrons. The second-order valence-electron chi connectivity index (χ2n) is 6.46. The topological polar surface area (TPSA) is 87.2 Å². The Morgan fingerprint density at radius 3 is 2.67 bits per heavy atom. The van der Waals surface area contributed by atoms with Gasteiger partial charge in [0.05, 0.1) is 25.2 Å². The summed E-state index contributed by atoms with van der Waals surface area (Å²) in [6, 6.07) is 5.71. The van der Waals surface area contributed by atoms with E-state index in [2.05, 4.69) is 0 Å². The molecule has 0 aromatic heterocycles. The SMILES string of the molecule is CCN(CCO)C(=O)C[C@]1(c2ccccc2F)CC(=O)N(CCOC)C1=O. The summed E-state index contributed by atoms with van der Waals surface area (Å²) < 4.78 is 19.5. The number of imide groups is 1. The van der Waals surface area contributed by atoms with Gasteiger partial charge >= 0.3 is 0 Å². The molecule has 1 heterocycles. The van der Waals surface area contributed by atoms with Crippen molar-refractivity contribution in [3.8, 4) is 0 Å². The van der Waals surface area contributed by atoms with E-state index < -0.39 is 29.0 Å². The molecule has 0 aliphatic carbocycles. The number of benzene rings is 1.